The Morgan fingerprint density at radius 1 is 0.536 bits per heavy atom. The number of urea groups is 1. The molecule has 0 saturated carbocycles. The number of rotatable bonds is 16. The number of aromatic nitrogens is 6. The first kappa shape index (κ1) is 36.9. The Labute approximate surface area is 328 Å². The lowest BCUT2D eigenvalue weighted by Crippen LogP contribution is -2.22. The minimum absolute atomic E-state index is 0.360. The average molecular weight is 751 g/mol. The van der Waals surface area contributed by atoms with Gasteiger partial charge in [0.1, 0.15) is 11.4 Å². The number of nitrogens with one attached hydrogen (secondary N) is 4. The van der Waals surface area contributed by atoms with E-state index in [1.807, 2.05) is 85.2 Å². The smallest absolute Gasteiger partial charge is 0.323 e. The van der Waals surface area contributed by atoms with Gasteiger partial charge in [0.25, 0.3) is 0 Å². The molecule has 2 amide bonds. The zero-order valence-electron chi connectivity index (χ0n) is 31.8. The Morgan fingerprint density at radius 2 is 0.964 bits per heavy atom. The van der Waals surface area contributed by atoms with Crippen LogP contribution in [-0.2, 0) is 0 Å². The molecule has 13 heteroatoms. The Bertz CT molecular complexity index is 2050. The summed E-state index contributed by atoms with van der Waals surface area (Å²) in [6, 6.07) is 31.2. The molecule has 4 aromatic carbocycles. The van der Waals surface area contributed by atoms with E-state index >= 15 is 0 Å². The van der Waals surface area contributed by atoms with Crippen molar-refractivity contribution in [2.75, 3.05) is 73.6 Å². The number of likely N-dealkylation sites (tertiary alicyclic amines) is 2. The van der Waals surface area contributed by atoms with Gasteiger partial charge in [-0.25, -0.2) is 14.2 Å². The number of hydrogen-bond donors (Lipinski definition) is 4. The molecule has 0 radical (unpaired) electrons. The minimum atomic E-state index is -0.360. The lowest BCUT2D eigenvalue weighted by Gasteiger charge is -2.14. The first-order chi connectivity index (χ1) is 27.6. The topological polar surface area (TPSA) is 133 Å². The maximum Gasteiger partial charge on any atom is 0.323 e. The average Bonchev–Trinajstić information content (AvgIpc) is 4.08. The Balaban J connectivity index is 0.843. The number of carbonyl (C=O) groups excluding carboxylic acids is 1. The highest BCUT2D eigenvalue weighted by Gasteiger charge is 2.13. The third-order valence-electron chi connectivity index (χ3n) is 10.4. The SMILES string of the molecule is O=C(Nc1cccc(-c2cn(-c3cccc(NCCCN4CCCC4)c3)nn2)c1)Nc1cccc(-c2cn(-c3cccc(NCCCN4CCCC4)c3)nn2)c1. The molecule has 0 atom stereocenters. The van der Waals surface area contributed by atoms with Crippen LogP contribution in [0.25, 0.3) is 33.9 Å². The molecule has 0 aliphatic carbocycles. The maximum absolute atomic E-state index is 13.1. The molecule has 2 aliphatic rings. The number of carbonyl (C=O) groups is 1. The van der Waals surface area contributed by atoms with Crippen LogP contribution >= 0.6 is 0 Å². The Kier molecular flexibility index (Phi) is 11.9. The van der Waals surface area contributed by atoms with Crippen molar-refractivity contribution in [3.05, 3.63) is 109 Å². The highest BCUT2D eigenvalue weighted by molar-refractivity contribution is 6.00. The highest BCUT2D eigenvalue weighted by atomic mass is 16.2. The first-order valence-corrected chi connectivity index (χ1v) is 19.9. The number of anilines is 4. The molecule has 0 spiro atoms. The normalized spacial score (nSPS) is 14.6. The number of nitrogens with zero attached hydrogens (tertiary/aromatic N) is 8. The molecule has 4 heterocycles. The quantitative estimate of drug-likeness (QED) is 0.0738. The lowest BCUT2D eigenvalue weighted by molar-refractivity contribution is 0.262. The van der Waals surface area contributed by atoms with Crippen molar-refractivity contribution in [2.24, 2.45) is 0 Å². The Hall–Kier alpha value is -6.05. The molecule has 2 fully saturated rings. The molecule has 13 nitrogen and oxygen atoms in total. The second-order valence-corrected chi connectivity index (χ2v) is 14.6. The van der Waals surface area contributed by atoms with Crippen LogP contribution in [0.1, 0.15) is 38.5 Å². The second kappa shape index (κ2) is 18.1. The van der Waals surface area contributed by atoms with E-state index in [0.29, 0.717) is 22.8 Å². The lowest BCUT2D eigenvalue weighted by atomic mass is 10.1. The van der Waals surface area contributed by atoms with Gasteiger partial charge in [0.2, 0.25) is 0 Å². The van der Waals surface area contributed by atoms with E-state index in [9.17, 15) is 4.79 Å². The van der Waals surface area contributed by atoms with E-state index in [0.717, 1.165) is 72.9 Å². The van der Waals surface area contributed by atoms with Crippen molar-refractivity contribution in [1.29, 1.82) is 0 Å². The minimum Gasteiger partial charge on any atom is -0.385 e. The van der Waals surface area contributed by atoms with Gasteiger partial charge in [-0.1, -0.05) is 46.8 Å². The fourth-order valence-corrected chi connectivity index (χ4v) is 7.45. The zero-order valence-corrected chi connectivity index (χ0v) is 31.8. The van der Waals surface area contributed by atoms with Crippen molar-refractivity contribution in [2.45, 2.75) is 38.5 Å². The van der Waals surface area contributed by atoms with Gasteiger partial charge >= 0.3 is 6.03 Å². The summed E-state index contributed by atoms with van der Waals surface area (Å²) < 4.78 is 3.55. The van der Waals surface area contributed by atoms with Crippen LogP contribution < -0.4 is 21.3 Å². The fraction of sp³-hybridized carbons (Fsp3) is 0.326. The molecule has 2 aliphatic heterocycles. The molecule has 2 saturated heterocycles. The Morgan fingerprint density at radius 3 is 1.43 bits per heavy atom. The van der Waals surface area contributed by atoms with E-state index in [1.54, 1.807) is 9.36 Å². The van der Waals surface area contributed by atoms with Crippen LogP contribution in [0.15, 0.2) is 109 Å². The second-order valence-electron chi connectivity index (χ2n) is 14.6. The predicted octanol–water partition coefficient (Wildman–Crippen LogP) is 7.62. The molecular weight excluding hydrogens is 701 g/mol. The van der Waals surface area contributed by atoms with Crippen LogP contribution in [0, 0.1) is 0 Å². The number of hydrogen-bond acceptors (Lipinski definition) is 9. The molecule has 288 valence electrons. The van der Waals surface area contributed by atoms with Crippen LogP contribution in [0.3, 0.4) is 0 Å². The van der Waals surface area contributed by atoms with Crippen molar-refractivity contribution in [3.8, 4) is 33.9 Å². The summed E-state index contributed by atoms with van der Waals surface area (Å²) in [6.07, 6.45) is 11.3. The van der Waals surface area contributed by atoms with Gasteiger partial charge in [0, 0.05) is 47.0 Å². The molecule has 0 bridgehead atoms. The van der Waals surface area contributed by atoms with E-state index in [2.05, 4.69) is 76.0 Å². The summed E-state index contributed by atoms with van der Waals surface area (Å²) in [5.74, 6) is 0. The van der Waals surface area contributed by atoms with E-state index < -0.39 is 0 Å². The largest absolute Gasteiger partial charge is 0.385 e. The van der Waals surface area contributed by atoms with Crippen LogP contribution in [-0.4, -0.2) is 98.2 Å². The summed E-state index contributed by atoms with van der Waals surface area (Å²) in [4.78, 5) is 18.2. The van der Waals surface area contributed by atoms with Gasteiger partial charge in [-0.15, -0.1) is 10.2 Å². The summed E-state index contributed by atoms with van der Waals surface area (Å²) in [6.45, 7) is 9.05. The van der Waals surface area contributed by atoms with Crippen molar-refractivity contribution in [1.82, 2.24) is 39.8 Å². The molecule has 8 rings (SSSR count). The van der Waals surface area contributed by atoms with Gasteiger partial charge in [0.15, 0.2) is 0 Å². The number of benzene rings is 4. The van der Waals surface area contributed by atoms with Crippen molar-refractivity contribution < 1.29 is 4.79 Å². The van der Waals surface area contributed by atoms with Crippen LogP contribution in [0.5, 0.6) is 0 Å². The fourth-order valence-electron chi connectivity index (χ4n) is 7.45. The monoisotopic (exact) mass is 750 g/mol. The molecular formula is C43H50N12O. The predicted molar refractivity (Wildman–Crippen MR) is 224 cm³/mol. The zero-order chi connectivity index (χ0) is 37.9. The summed E-state index contributed by atoms with van der Waals surface area (Å²) in [5.41, 5.74) is 8.33. The molecule has 0 unspecified atom stereocenters. The molecule has 56 heavy (non-hydrogen) atoms. The molecule has 6 aromatic rings. The van der Waals surface area contributed by atoms with E-state index in [1.165, 1.54) is 51.9 Å². The molecule has 4 N–H and O–H groups in total. The van der Waals surface area contributed by atoms with Crippen LogP contribution in [0.4, 0.5) is 27.5 Å². The van der Waals surface area contributed by atoms with Gasteiger partial charge in [0.05, 0.1) is 23.8 Å². The molecule has 2 aromatic heterocycles. The third-order valence-corrected chi connectivity index (χ3v) is 10.4. The van der Waals surface area contributed by atoms with Gasteiger partial charge in [-0.2, -0.15) is 0 Å². The summed E-state index contributed by atoms with van der Waals surface area (Å²) in [5, 5.41) is 30.7. The first-order valence-electron chi connectivity index (χ1n) is 19.9. The van der Waals surface area contributed by atoms with Gasteiger partial charge < -0.3 is 31.1 Å². The number of amides is 2. The van der Waals surface area contributed by atoms with E-state index in [-0.39, 0.29) is 6.03 Å². The van der Waals surface area contributed by atoms with E-state index in [4.69, 9.17) is 0 Å². The van der Waals surface area contributed by atoms with Crippen molar-refractivity contribution in [3.63, 3.8) is 0 Å². The third kappa shape index (κ3) is 9.78. The summed E-state index contributed by atoms with van der Waals surface area (Å²) >= 11 is 0. The highest BCUT2D eigenvalue weighted by Crippen LogP contribution is 2.25. The van der Waals surface area contributed by atoms with Crippen LogP contribution in [0.2, 0.25) is 0 Å². The van der Waals surface area contributed by atoms with Gasteiger partial charge in [-0.3, -0.25) is 0 Å². The maximum atomic E-state index is 13.1. The summed E-state index contributed by atoms with van der Waals surface area (Å²) in [7, 11) is 0. The van der Waals surface area contributed by atoms with Crippen molar-refractivity contribution >= 4 is 28.8 Å². The van der Waals surface area contributed by atoms with Gasteiger partial charge in [-0.05, 0) is 138 Å². The standard InChI is InChI=1S/C43H50N12O/c56-43(46-37-15-5-11-33(27-37)41-31-54(50-48-41)39-17-7-13-35(29-39)44-19-9-25-52-21-1-2-22-52)47-38-16-6-12-34(28-38)42-32-55(51-49-42)40-18-8-14-36(30-40)45-20-10-26-53-23-3-4-24-53/h5-8,11-18,27-32,44-45H,1-4,9-10,19-26H2,(H2,46,47,56).